The van der Waals surface area contributed by atoms with E-state index in [1.54, 1.807) is 7.11 Å². The molecule has 4 nitrogen and oxygen atoms in total. The molecule has 1 rings (SSSR count). The molecule has 1 aromatic rings. The first kappa shape index (κ1) is 14.5. The highest BCUT2D eigenvalue weighted by Gasteiger charge is 2.13. The smallest absolute Gasteiger partial charge is 0.123 e. The zero-order valence-electron chi connectivity index (χ0n) is 11.7. The Morgan fingerprint density at radius 2 is 2.17 bits per heavy atom. The Balaban J connectivity index is 2.77. The van der Waals surface area contributed by atoms with E-state index in [4.69, 9.17) is 15.9 Å². The number of nitrogens with two attached hydrogens (primary N) is 1. The third kappa shape index (κ3) is 4.04. The number of hydrogen-bond donors (Lipinski definition) is 2. The number of amidine groups is 1. The fraction of sp³-hybridized carbons (Fsp3) is 0.500. The minimum Gasteiger partial charge on any atom is -0.496 e. The van der Waals surface area contributed by atoms with Gasteiger partial charge in [0, 0.05) is 24.6 Å². The van der Waals surface area contributed by atoms with Crippen LogP contribution in [-0.4, -0.2) is 30.9 Å². The van der Waals surface area contributed by atoms with E-state index >= 15 is 0 Å². The largest absolute Gasteiger partial charge is 0.496 e. The molecule has 0 saturated carbocycles. The van der Waals surface area contributed by atoms with Crippen LogP contribution in [0.4, 0.5) is 0 Å². The molecule has 0 aliphatic carbocycles. The van der Waals surface area contributed by atoms with Gasteiger partial charge >= 0.3 is 0 Å². The van der Waals surface area contributed by atoms with E-state index in [1.807, 2.05) is 19.2 Å². The zero-order valence-corrected chi connectivity index (χ0v) is 11.7. The molecule has 0 heterocycles. The van der Waals surface area contributed by atoms with Gasteiger partial charge in [-0.15, -0.1) is 0 Å². The van der Waals surface area contributed by atoms with Gasteiger partial charge < -0.3 is 10.5 Å². The molecule has 1 atom stereocenters. The lowest BCUT2D eigenvalue weighted by atomic mass is 10.1. The third-order valence-corrected chi connectivity index (χ3v) is 3.12. The van der Waals surface area contributed by atoms with E-state index in [1.165, 1.54) is 5.56 Å². The number of hydrogen-bond acceptors (Lipinski definition) is 3. The van der Waals surface area contributed by atoms with Gasteiger partial charge in [0.1, 0.15) is 5.75 Å². The minimum absolute atomic E-state index is 0.227. The predicted molar refractivity (Wildman–Crippen MR) is 75.2 cm³/mol. The Morgan fingerprint density at radius 3 is 2.72 bits per heavy atom. The summed E-state index contributed by atoms with van der Waals surface area (Å²) in [6, 6.07) is 6.42. The molecule has 0 fully saturated rings. The Bertz CT molecular complexity index is 418. The van der Waals surface area contributed by atoms with Crippen LogP contribution in [-0.2, 0) is 6.54 Å². The van der Waals surface area contributed by atoms with E-state index in [0.717, 1.165) is 17.9 Å². The van der Waals surface area contributed by atoms with Crippen LogP contribution in [0.5, 0.6) is 5.75 Å². The highest BCUT2D eigenvalue weighted by Crippen LogP contribution is 2.21. The summed E-state index contributed by atoms with van der Waals surface area (Å²) in [6.07, 6.45) is 0.588. The van der Waals surface area contributed by atoms with E-state index in [0.29, 0.717) is 6.42 Å². The number of aryl methyl sites for hydroxylation is 1. The van der Waals surface area contributed by atoms with Crippen molar-refractivity contribution in [1.29, 1.82) is 5.41 Å². The molecule has 1 unspecified atom stereocenters. The molecule has 0 radical (unpaired) electrons. The van der Waals surface area contributed by atoms with Crippen molar-refractivity contribution in [1.82, 2.24) is 4.90 Å². The van der Waals surface area contributed by atoms with Crippen molar-refractivity contribution in [3.05, 3.63) is 29.3 Å². The highest BCUT2D eigenvalue weighted by atomic mass is 16.5. The van der Waals surface area contributed by atoms with Gasteiger partial charge in [0.15, 0.2) is 0 Å². The summed E-state index contributed by atoms with van der Waals surface area (Å²) in [6.45, 7) is 4.94. The van der Waals surface area contributed by atoms with Crippen LogP contribution in [0.1, 0.15) is 24.5 Å². The number of nitrogens with one attached hydrogen (secondary N) is 1. The summed E-state index contributed by atoms with van der Waals surface area (Å²) < 4.78 is 5.37. The van der Waals surface area contributed by atoms with Crippen molar-refractivity contribution < 1.29 is 4.74 Å². The Hall–Kier alpha value is -1.55. The van der Waals surface area contributed by atoms with Crippen molar-refractivity contribution >= 4 is 5.84 Å². The van der Waals surface area contributed by atoms with Gasteiger partial charge in [-0.2, -0.15) is 0 Å². The molecule has 18 heavy (non-hydrogen) atoms. The lowest BCUT2D eigenvalue weighted by molar-refractivity contribution is 0.250. The van der Waals surface area contributed by atoms with Crippen LogP contribution >= 0.6 is 0 Å². The monoisotopic (exact) mass is 249 g/mol. The maximum absolute atomic E-state index is 7.34. The number of methoxy groups -OCH3 is 1. The molecule has 3 N–H and O–H groups in total. The van der Waals surface area contributed by atoms with Gasteiger partial charge in [-0.1, -0.05) is 17.7 Å². The standard InChI is InChI=1S/C14H23N3O/c1-10-5-6-13(18-4)12(7-10)9-17(3)11(2)8-14(15)16/h5-7,11H,8-9H2,1-4H3,(H3,15,16). The molecule has 100 valence electrons. The quantitative estimate of drug-likeness (QED) is 0.600. The van der Waals surface area contributed by atoms with Gasteiger partial charge in [0.05, 0.1) is 12.9 Å². The number of rotatable bonds is 6. The second kappa shape index (κ2) is 6.40. The van der Waals surface area contributed by atoms with E-state index in [9.17, 15) is 0 Å². The number of benzene rings is 1. The van der Waals surface area contributed by atoms with Crippen LogP contribution in [0.3, 0.4) is 0 Å². The maximum atomic E-state index is 7.34. The molecule has 0 bridgehead atoms. The Morgan fingerprint density at radius 1 is 1.50 bits per heavy atom. The van der Waals surface area contributed by atoms with Crippen LogP contribution in [0, 0.1) is 12.3 Å². The van der Waals surface area contributed by atoms with Crippen molar-refractivity contribution in [2.45, 2.75) is 32.9 Å². The molecule has 0 aromatic heterocycles. The lowest BCUT2D eigenvalue weighted by Gasteiger charge is -2.25. The molecular formula is C14H23N3O. The molecule has 0 aliphatic heterocycles. The van der Waals surface area contributed by atoms with Crippen LogP contribution in [0.15, 0.2) is 18.2 Å². The fourth-order valence-corrected chi connectivity index (χ4v) is 1.93. The minimum atomic E-state index is 0.227. The summed E-state index contributed by atoms with van der Waals surface area (Å²) in [5.74, 6) is 1.13. The number of nitrogens with zero attached hydrogens (tertiary/aromatic N) is 1. The van der Waals surface area contributed by atoms with E-state index in [2.05, 4.69) is 24.8 Å². The van der Waals surface area contributed by atoms with Crippen LogP contribution < -0.4 is 10.5 Å². The van der Waals surface area contributed by atoms with Crippen molar-refractivity contribution in [3.8, 4) is 5.75 Å². The summed E-state index contributed by atoms with van der Waals surface area (Å²) in [4.78, 5) is 2.18. The molecule has 0 aliphatic rings. The second-order valence-electron chi connectivity index (χ2n) is 4.81. The molecule has 1 aromatic carbocycles. The van der Waals surface area contributed by atoms with Crippen LogP contribution in [0.25, 0.3) is 0 Å². The second-order valence-corrected chi connectivity index (χ2v) is 4.81. The van der Waals surface area contributed by atoms with Crippen molar-refractivity contribution in [2.24, 2.45) is 5.73 Å². The summed E-state index contributed by atoms with van der Waals surface area (Å²) in [7, 11) is 3.72. The van der Waals surface area contributed by atoms with Gasteiger partial charge in [-0.05, 0) is 27.0 Å². The van der Waals surface area contributed by atoms with Gasteiger partial charge in [-0.25, -0.2) is 0 Å². The van der Waals surface area contributed by atoms with Gasteiger partial charge in [-0.3, -0.25) is 10.3 Å². The maximum Gasteiger partial charge on any atom is 0.123 e. The summed E-state index contributed by atoms with van der Waals surface area (Å²) in [5.41, 5.74) is 7.82. The summed E-state index contributed by atoms with van der Waals surface area (Å²) in [5, 5.41) is 7.34. The highest BCUT2D eigenvalue weighted by molar-refractivity contribution is 5.77. The molecule has 0 saturated heterocycles. The topological polar surface area (TPSA) is 62.3 Å². The normalized spacial score (nSPS) is 12.5. The van der Waals surface area contributed by atoms with E-state index in [-0.39, 0.29) is 11.9 Å². The van der Waals surface area contributed by atoms with Gasteiger partial charge in [0.2, 0.25) is 0 Å². The zero-order chi connectivity index (χ0) is 13.7. The number of ether oxygens (including phenoxy) is 1. The average Bonchev–Trinajstić information content (AvgIpc) is 2.28. The molecular weight excluding hydrogens is 226 g/mol. The first-order chi connectivity index (χ1) is 8.43. The SMILES string of the molecule is COc1ccc(C)cc1CN(C)C(C)CC(=N)N. The Labute approximate surface area is 109 Å². The van der Waals surface area contributed by atoms with E-state index < -0.39 is 0 Å². The molecule has 0 spiro atoms. The van der Waals surface area contributed by atoms with Crippen molar-refractivity contribution in [3.63, 3.8) is 0 Å². The fourth-order valence-electron chi connectivity index (χ4n) is 1.93. The first-order valence-corrected chi connectivity index (χ1v) is 6.10. The average molecular weight is 249 g/mol. The lowest BCUT2D eigenvalue weighted by Crippen LogP contribution is -2.32. The molecule has 0 amide bonds. The van der Waals surface area contributed by atoms with Crippen molar-refractivity contribution in [2.75, 3.05) is 14.2 Å². The van der Waals surface area contributed by atoms with Gasteiger partial charge in [0.25, 0.3) is 0 Å². The molecule has 4 heteroatoms. The third-order valence-electron chi connectivity index (χ3n) is 3.12. The predicted octanol–water partition coefficient (Wildman–Crippen LogP) is 2.15. The Kier molecular flexibility index (Phi) is 5.16. The van der Waals surface area contributed by atoms with Crippen LogP contribution in [0.2, 0.25) is 0 Å². The first-order valence-electron chi connectivity index (χ1n) is 6.10. The summed E-state index contributed by atoms with van der Waals surface area (Å²) >= 11 is 0.